The Kier molecular flexibility index (Phi) is 4.59. The van der Waals surface area contributed by atoms with E-state index in [0.29, 0.717) is 40.6 Å². The Balaban J connectivity index is 1.80. The summed E-state index contributed by atoms with van der Waals surface area (Å²) in [5, 5.41) is 3.97. The predicted octanol–water partition coefficient (Wildman–Crippen LogP) is 4.23. The molecule has 0 aliphatic heterocycles. The highest BCUT2D eigenvalue weighted by Crippen LogP contribution is 2.37. The lowest BCUT2D eigenvalue weighted by Crippen LogP contribution is -2.02. The van der Waals surface area contributed by atoms with Crippen molar-refractivity contribution in [3.63, 3.8) is 0 Å². The number of nitrogens with one attached hydrogen (secondary N) is 2. The minimum Gasteiger partial charge on any atom is -0.492 e. The molecule has 0 fully saturated rings. The first-order chi connectivity index (χ1) is 15.2. The Labute approximate surface area is 177 Å². The van der Waals surface area contributed by atoms with Gasteiger partial charge in [0.25, 0.3) is 0 Å². The zero-order chi connectivity index (χ0) is 21.4. The zero-order valence-electron chi connectivity index (χ0n) is 17.0. The summed E-state index contributed by atoms with van der Waals surface area (Å²) in [6.07, 6.45) is 3.44. The fraction of sp³-hybridized carbons (Fsp3) is 0.130. The van der Waals surface area contributed by atoms with Gasteiger partial charge >= 0.3 is 5.76 Å². The number of ether oxygens (including phenoxy) is 1. The largest absolute Gasteiger partial charge is 0.492 e. The molecule has 0 atom stereocenters. The van der Waals surface area contributed by atoms with Gasteiger partial charge in [0.2, 0.25) is 0 Å². The maximum atomic E-state index is 11.7. The lowest BCUT2D eigenvalue weighted by atomic mass is 10.0. The van der Waals surface area contributed by atoms with Gasteiger partial charge in [-0.2, -0.15) is 0 Å². The molecule has 8 nitrogen and oxygen atoms in total. The third-order valence-corrected chi connectivity index (χ3v) is 4.99. The normalized spacial score (nSPS) is 11.2. The number of oxazole rings is 1. The van der Waals surface area contributed by atoms with Crippen molar-refractivity contribution in [2.45, 2.75) is 6.92 Å². The first-order valence-electron chi connectivity index (χ1n) is 9.87. The third kappa shape index (κ3) is 3.28. The minimum atomic E-state index is -0.492. The average Bonchev–Trinajstić information content (AvgIpc) is 3.19. The molecule has 154 valence electrons. The number of nitrogens with zero attached hydrogens (tertiary/aromatic N) is 3. The van der Waals surface area contributed by atoms with Crippen LogP contribution in [0.25, 0.3) is 44.5 Å². The standard InChI is InChI=1S/C23H19N5O3/c1-3-30-18-11-14(15-7-4-8-17-19(15)27-23(29)31-17)10-16-20(18)26-21(28-22(16)24-2)13-6-5-9-25-12-13/h4-12H,3H2,1-2H3,(H,27,29)(H,24,26,28). The van der Waals surface area contributed by atoms with Gasteiger partial charge in [-0.25, -0.2) is 14.8 Å². The van der Waals surface area contributed by atoms with E-state index in [1.54, 1.807) is 18.5 Å². The van der Waals surface area contributed by atoms with E-state index in [-0.39, 0.29) is 0 Å². The molecule has 8 heteroatoms. The van der Waals surface area contributed by atoms with Gasteiger partial charge in [-0.1, -0.05) is 12.1 Å². The fourth-order valence-corrected chi connectivity index (χ4v) is 3.65. The molecule has 31 heavy (non-hydrogen) atoms. The molecule has 0 amide bonds. The van der Waals surface area contributed by atoms with Gasteiger partial charge in [0.1, 0.15) is 17.1 Å². The number of rotatable bonds is 5. The van der Waals surface area contributed by atoms with E-state index in [0.717, 1.165) is 22.1 Å². The molecule has 3 heterocycles. The molecule has 0 spiro atoms. The molecule has 5 rings (SSSR count). The van der Waals surface area contributed by atoms with Crippen LogP contribution in [0.15, 0.2) is 64.1 Å². The van der Waals surface area contributed by atoms with Crippen molar-refractivity contribution in [3.05, 3.63) is 65.4 Å². The monoisotopic (exact) mass is 413 g/mol. The van der Waals surface area contributed by atoms with Crippen molar-refractivity contribution in [1.29, 1.82) is 0 Å². The predicted molar refractivity (Wildman–Crippen MR) is 119 cm³/mol. The molecule has 0 aliphatic rings. The molecule has 0 saturated heterocycles. The molecule has 0 bridgehead atoms. The number of anilines is 1. The first-order valence-corrected chi connectivity index (χ1v) is 9.87. The van der Waals surface area contributed by atoms with E-state index in [4.69, 9.17) is 19.1 Å². The minimum absolute atomic E-state index is 0.479. The molecule has 0 radical (unpaired) electrons. The fourth-order valence-electron chi connectivity index (χ4n) is 3.65. The Morgan fingerprint density at radius 3 is 2.81 bits per heavy atom. The quantitative estimate of drug-likeness (QED) is 0.444. The Morgan fingerprint density at radius 1 is 1.13 bits per heavy atom. The number of pyridine rings is 1. The number of aromatic amines is 1. The molecule has 5 aromatic rings. The molecule has 2 N–H and O–H groups in total. The van der Waals surface area contributed by atoms with Gasteiger partial charge in [-0.15, -0.1) is 0 Å². The van der Waals surface area contributed by atoms with E-state index in [1.165, 1.54) is 0 Å². The lowest BCUT2D eigenvalue weighted by molar-refractivity contribution is 0.344. The van der Waals surface area contributed by atoms with E-state index >= 15 is 0 Å². The van der Waals surface area contributed by atoms with Gasteiger partial charge in [-0.05, 0) is 42.8 Å². The first kappa shape index (κ1) is 18.8. The van der Waals surface area contributed by atoms with E-state index in [1.807, 2.05) is 50.4 Å². The molecular formula is C23H19N5O3. The van der Waals surface area contributed by atoms with Crippen molar-refractivity contribution in [1.82, 2.24) is 19.9 Å². The van der Waals surface area contributed by atoms with Crippen LogP contribution in [0, 0.1) is 0 Å². The number of hydrogen-bond acceptors (Lipinski definition) is 7. The van der Waals surface area contributed by atoms with Gasteiger partial charge in [0, 0.05) is 36.0 Å². The summed E-state index contributed by atoms with van der Waals surface area (Å²) in [5.74, 6) is 1.36. The Hall–Kier alpha value is -4.20. The summed E-state index contributed by atoms with van der Waals surface area (Å²) in [6.45, 7) is 2.40. The summed E-state index contributed by atoms with van der Waals surface area (Å²) >= 11 is 0. The second-order valence-electron chi connectivity index (χ2n) is 6.88. The number of aromatic nitrogens is 4. The number of fused-ring (bicyclic) bond motifs is 2. The Bertz CT molecular complexity index is 1460. The molecule has 0 aliphatic carbocycles. The topological polar surface area (TPSA) is 106 Å². The summed E-state index contributed by atoms with van der Waals surface area (Å²) in [4.78, 5) is 28.2. The smallest absolute Gasteiger partial charge is 0.417 e. The van der Waals surface area contributed by atoms with Crippen molar-refractivity contribution < 1.29 is 9.15 Å². The number of benzene rings is 2. The molecule has 0 unspecified atom stereocenters. The van der Waals surface area contributed by atoms with Gasteiger partial charge in [0.05, 0.1) is 12.1 Å². The molecule has 2 aromatic carbocycles. The molecule has 3 aromatic heterocycles. The SMILES string of the molecule is CCOc1cc(-c2cccc3oc(=O)[nH]c23)cc2c(NC)nc(-c3cccnc3)nc12. The summed E-state index contributed by atoms with van der Waals surface area (Å²) in [7, 11) is 1.82. The van der Waals surface area contributed by atoms with Crippen molar-refractivity contribution in [2.24, 2.45) is 0 Å². The second-order valence-corrected chi connectivity index (χ2v) is 6.88. The summed E-state index contributed by atoms with van der Waals surface area (Å²) in [6, 6.07) is 13.2. The van der Waals surface area contributed by atoms with Crippen LogP contribution in [-0.2, 0) is 0 Å². The highest BCUT2D eigenvalue weighted by molar-refractivity contribution is 6.00. The van der Waals surface area contributed by atoms with E-state index in [9.17, 15) is 4.79 Å². The lowest BCUT2D eigenvalue weighted by Gasteiger charge is -2.14. The average molecular weight is 413 g/mol. The number of hydrogen-bond donors (Lipinski definition) is 2. The number of H-pyrrole nitrogens is 1. The van der Waals surface area contributed by atoms with Crippen LogP contribution in [0.5, 0.6) is 5.75 Å². The van der Waals surface area contributed by atoms with Crippen LogP contribution in [0.1, 0.15) is 6.92 Å². The van der Waals surface area contributed by atoms with Gasteiger partial charge in [0.15, 0.2) is 11.4 Å². The van der Waals surface area contributed by atoms with Crippen LogP contribution in [0.3, 0.4) is 0 Å². The Morgan fingerprint density at radius 2 is 2.03 bits per heavy atom. The summed E-state index contributed by atoms with van der Waals surface area (Å²) in [5.41, 5.74) is 4.31. The van der Waals surface area contributed by atoms with Crippen LogP contribution in [0.2, 0.25) is 0 Å². The highest BCUT2D eigenvalue weighted by Gasteiger charge is 2.17. The van der Waals surface area contributed by atoms with Gasteiger partial charge < -0.3 is 14.5 Å². The van der Waals surface area contributed by atoms with Crippen molar-refractivity contribution in [2.75, 3.05) is 19.0 Å². The molecule has 0 saturated carbocycles. The second kappa shape index (κ2) is 7.56. The third-order valence-electron chi connectivity index (χ3n) is 4.99. The maximum absolute atomic E-state index is 11.7. The number of para-hydroxylation sites is 1. The summed E-state index contributed by atoms with van der Waals surface area (Å²) < 4.78 is 11.2. The molecular weight excluding hydrogens is 394 g/mol. The van der Waals surface area contributed by atoms with Crippen molar-refractivity contribution >= 4 is 27.8 Å². The van der Waals surface area contributed by atoms with E-state index in [2.05, 4.69) is 15.3 Å². The van der Waals surface area contributed by atoms with Crippen LogP contribution in [-0.4, -0.2) is 33.6 Å². The van der Waals surface area contributed by atoms with E-state index < -0.39 is 5.76 Å². The maximum Gasteiger partial charge on any atom is 0.417 e. The van der Waals surface area contributed by atoms with Crippen LogP contribution < -0.4 is 15.8 Å². The van der Waals surface area contributed by atoms with Gasteiger partial charge in [-0.3, -0.25) is 9.97 Å². The van der Waals surface area contributed by atoms with Crippen LogP contribution in [0.4, 0.5) is 5.82 Å². The van der Waals surface area contributed by atoms with Crippen LogP contribution >= 0.6 is 0 Å². The zero-order valence-corrected chi connectivity index (χ0v) is 17.0. The van der Waals surface area contributed by atoms with Crippen molar-refractivity contribution in [3.8, 4) is 28.3 Å². The highest BCUT2D eigenvalue weighted by atomic mass is 16.5.